The van der Waals surface area contributed by atoms with Gasteiger partial charge < -0.3 is 10.2 Å². The van der Waals surface area contributed by atoms with E-state index in [0.29, 0.717) is 5.56 Å². The number of benzene rings is 4. The van der Waals surface area contributed by atoms with Crippen molar-refractivity contribution < 1.29 is 26.8 Å². The van der Waals surface area contributed by atoms with Crippen LogP contribution in [0, 0.1) is 18.6 Å². The molecule has 10 heteroatoms. The average molecular weight is 646 g/mol. The maximum Gasteiger partial charge on any atom is 0.264 e. The summed E-state index contributed by atoms with van der Waals surface area (Å²) in [6, 6.07) is 24.9. The third-order valence-electron chi connectivity index (χ3n) is 8.24. The molecule has 1 aliphatic carbocycles. The number of aryl methyl sites for hydroxylation is 1. The number of hydrogen-bond donors (Lipinski definition) is 1. The van der Waals surface area contributed by atoms with E-state index in [1.807, 2.05) is 37.3 Å². The summed E-state index contributed by atoms with van der Waals surface area (Å²) in [6.45, 7) is 1.09. The van der Waals surface area contributed by atoms with E-state index < -0.39 is 40.2 Å². The summed E-state index contributed by atoms with van der Waals surface area (Å²) < 4.78 is 56.8. The SMILES string of the molecule is Cc1ccc(S(=O)(=O)N(CC(=O)N(Cc2ccc(F)cc2)C(Cc2ccccc2)C(=O)NC2CCCC2)c2ccc(F)cc2)cc1. The Morgan fingerprint density at radius 1 is 0.804 bits per heavy atom. The summed E-state index contributed by atoms with van der Waals surface area (Å²) >= 11 is 0. The number of nitrogens with one attached hydrogen (secondary N) is 1. The summed E-state index contributed by atoms with van der Waals surface area (Å²) in [5.74, 6) is -2.01. The van der Waals surface area contributed by atoms with Crippen LogP contribution in [0.15, 0.2) is 108 Å². The van der Waals surface area contributed by atoms with Gasteiger partial charge in [-0.3, -0.25) is 13.9 Å². The summed E-state index contributed by atoms with van der Waals surface area (Å²) in [5.41, 5.74) is 2.32. The van der Waals surface area contributed by atoms with Gasteiger partial charge in [0.25, 0.3) is 10.0 Å². The van der Waals surface area contributed by atoms with E-state index in [0.717, 1.165) is 53.2 Å². The van der Waals surface area contributed by atoms with Crippen molar-refractivity contribution in [1.29, 1.82) is 0 Å². The lowest BCUT2D eigenvalue weighted by Crippen LogP contribution is -2.54. The fraction of sp³-hybridized carbons (Fsp3) is 0.278. The third kappa shape index (κ3) is 8.17. The molecule has 4 aromatic carbocycles. The van der Waals surface area contributed by atoms with Crippen molar-refractivity contribution in [2.24, 2.45) is 0 Å². The number of anilines is 1. The van der Waals surface area contributed by atoms with Gasteiger partial charge in [-0.05, 0) is 79.4 Å². The third-order valence-corrected chi connectivity index (χ3v) is 10.0. The van der Waals surface area contributed by atoms with Crippen LogP contribution in [0.3, 0.4) is 0 Å². The van der Waals surface area contributed by atoms with Crippen LogP contribution < -0.4 is 9.62 Å². The van der Waals surface area contributed by atoms with Gasteiger partial charge in [0.2, 0.25) is 11.8 Å². The normalized spacial score (nSPS) is 14.1. The molecule has 240 valence electrons. The Balaban J connectivity index is 1.55. The van der Waals surface area contributed by atoms with Gasteiger partial charge >= 0.3 is 0 Å². The first-order valence-electron chi connectivity index (χ1n) is 15.3. The highest BCUT2D eigenvalue weighted by atomic mass is 32.2. The van der Waals surface area contributed by atoms with Crippen molar-refractivity contribution >= 4 is 27.5 Å². The second-order valence-corrected chi connectivity index (χ2v) is 13.5. The van der Waals surface area contributed by atoms with Crippen molar-refractivity contribution in [3.8, 4) is 0 Å². The number of rotatable bonds is 12. The second-order valence-electron chi connectivity index (χ2n) is 11.6. The lowest BCUT2D eigenvalue weighted by Gasteiger charge is -2.34. The van der Waals surface area contributed by atoms with Gasteiger partial charge in [-0.15, -0.1) is 0 Å². The molecule has 1 saturated carbocycles. The maximum absolute atomic E-state index is 14.5. The largest absolute Gasteiger partial charge is 0.352 e. The lowest BCUT2D eigenvalue weighted by molar-refractivity contribution is -0.140. The minimum Gasteiger partial charge on any atom is -0.352 e. The van der Waals surface area contributed by atoms with Crippen molar-refractivity contribution in [1.82, 2.24) is 10.2 Å². The van der Waals surface area contributed by atoms with Gasteiger partial charge in [-0.2, -0.15) is 0 Å². The average Bonchev–Trinajstić information content (AvgIpc) is 3.56. The summed E-state index contributed by atoms with van der Waals surface area (Å²) in [7, 11) is -4.30. The van der Waals surface area contributed by atoms with Crippen LogP contribution >= 0.6 is 0 Å². The van der Waals surface area contributed by atoms with Gasteiger partial charge in [0, 0.05) is 19.0 Å². The van der Waals surface area contributed by atoms with E-state index in [4.69, 9.17) is 0 Å². The minimum absolute atomic E-state index is 0.0221. The molecular weight excluding hydrogens is 608 g/mol. The van der Waals surface area contributed by atoms with Crippen LogP contribution in [-0.2, 0) is 32.6 Å². The van der Waals surface area contributed by atoms with Gasteiger partial charge in [-0.25, -0.2) is 17.2 Å². The molecule has 0 spiro atoms. The topological polar surface area (TPSA) is 86.8 Å². The Kier molecular flexibility index (Phi) is 10.5. The highest BCUT2D eigenvalue weighted by molar-refractivity contribution is 7.92. The lowest BCUT2D eigenvalue weighted by atomic mass is 10.0. The highest BCUT2D eigenvalue weighted by Crippen LogP contribution is 2.26. The van der Waals surface area contributed by atoms with Crippen LogP contribution in [0.5, 0.6) is 0 Å². The molecule has 5 rings (SSSR count). The Morgan fingerprint density at radius 3 is 2.00 bits per heavy atom. The maximum atomic E-state index is 14.5. The van der Waals surface area contributed by atoms with Crippen molar-refractivity contribution in [2.45, 2.75) is 62.6 Å². The fourth-order valence-corrected chi connectivity index (χ4v) is 7.10. The molecule has 0 aliphatic heterocycles. The molecule has 1 N–H and O–H groups in total. The molecule has 46 heavy (non-hydrogen) atoms. The zero-order valence-electron chi connectivity index (χ0n) is 25.6. The highest BCUT2D eigenvalue weighted by Gasteiger charge is 2.35. The first kappa shape index (κ1) is 32.8. The molecule has 0 bridgehead atoms. The van der Waals surface area contributed by atoms with Gasteiger partial charge in [0.15, 0.2) is 0 Å². The molecule has 4 aromatic rings. The number of nitrogens with zero attached hydrogens (tertiary/aromatic N) is 2. The summed E-state index contributed by atoms with van der Waals surface area (Å²) in [4.78, 5) is 29.8. The van der Waals surface area contributed by atoms with Gasteiger partial charge in [0.05, 0.1) is 10.6 Å². The molecule has 0 saturated heterocycles. The minimum atomic E-state index is -4.30. The molecule has 1 unspecified atom stereocenters. The van der Waals surface area contributed by atoms with E-state index in [2.05, 4.69) is 5.32 Å². The smallest absolute Gasteiger partial charge is 0.264 e. The van der Waals surface area contributed by atoms with Crippen molar-refractivity contribution in [3.05, 3.63) is 131 Å². The summed E-state index contributed by atoms with van der Waals surface area (Å²) in [5, 5.41) is 3.12. The predicted molar refractivity (Wildman–Crippen MR) is 173 cm³/mol. The molecule has 1 aliphatic rings. The molecule has 0 radical (unpaired) electrons. The number of carbonyl (C=O) groups is 2. The monoisotopic (exact) mass is 645 g/mol. The predicted octanol–water partition coefficient (Wildman–Crippen LogP) is 6.17. The molecular formula is C36H37F2N3O4S. The number of hydrogen-bond acceptors (Lipinski definition) is 4. The van der Waals surface area contributed by atoms with Crippen LogP contribution in [0.2, 0.25) is 0 Å². The van der Waals surface area contributed by atoms with E-state index in [9.17, 15) is 26.8 Å². The quantitative estimate of drug-likeness (QED) is 0.200. The van der Waals surface area contributed by atoms with E-state index in [1.165, 1.54) is 53.4 Å². The fourth-order valence-electron chi connectivity index (χ4n) is 5.68. The Labute approximate surface area is 268 Å². The number of halogens is 2. The zero-order chi connectivity index (χ0) is 32.7. The molecule has 1 atom stereocenters. The first-order chi connectivity index (χ1) is 22.1. The Hall–Kier alpha value is -4.57. The Morgan fingerprint density at radius 2 is 1.39 bits per heavy atom. The number of amides is 2. The number of sulfonamides is 1. The van der Waals surface area contributed by atoms with Crippen molar-refractivity contribution in [3.63, 3.8) is 0 Å². The van der Waals surface area contributed by atoms with Crippen molar-refractivity contribution in [2.75, 3.05) is 10.8 Å². The van der Waals surface area contributed by atoms with Crippen LogP contribution in [0.25, 0.3) is 0 Å². The molecule has 7 nitrogen and oxygen atoms in total. The van der Waals surface area contributed by atoms with Gasteiger partial charge in [0.1, 0.15) is 24.2 Å². The standard InChI is InChI=1S/C36H37F2N3O4S/c1-26-11-21-33(22-12-26)46(44,45)41(32-19-17-30(38)18-20-32)25-35(42)40(24-28-13-15-29(37)16-14-28)34(23-27-7-3-2-4-8-27)36(43)39-31-9-5-6-10-31/h2-4,7-8,11-22,31,34H,5-6,9-10,23-25H2,1H3,(H,39,43). The van der Waals surface area contributed by atoms with Gasteiger partial charge in [-0.1, -0.05) is 73.0 Å². The number of carbonyl (C=O) groups excluding carboxylic acids is 2. The molecule has 2 amide bonds. The van der Waals surface area contributed by atoms with Crippen LogP contribution in [0.4, 0.5) is 14.5 Å². The molecule has 1 fully saturated rings. The Bertz CT molecular complexity index is 1730. The van der Waals surface area contributed by atoms with E-state index in [1.54, 1.807) is 12.1 Å². The zero-order valence-corrected chi connectivity index (χ0v) is 26.4. The molecule has 0 aromatic heterocycles. The second kappa shape index (κ2) is 14.7. The first-order valence-corrected chi connectivity index (χ1v) is 16.8. The van der Waals surface area contributed by atoms with E-state index >= 15 is 0 Å². The van der Waals surface area contributed by atoms with Crippen LogP contribution in [0.1, 0.15) is 42.4 Å². The van der Waals surface area contributed by atoms with E-state index in [-0.39, 0.29) is 35.5 Å². The van der Waals surface area contributed by atoms with Crippen LogP contribution in [-0.4, -0.2) is 43.8 Å². The molecule has 0 heterocycles. The summed E-state index contributed by atoms with van der Waals surface area (Å²) in [6.07, 6.45) is 3.84.